The number of piperazine rings is 1. The number of aromatic nitrogens is 2. The molecule has 0 saturated carbocycles. The first-order chi connectivity index (χ1) is 26.9. The Morgan fingerprint density at radius 3 is 2.46 bits per heavy atom. The lowest BCUT2D eigenvalue weighted by Crippen LogP contribution is -2.57. The predicted molar refractivity (Wildman–Crippen MR) is 217 cm³/mol. The number of nitrogens with one attached hydrogen (secondary N) is 4. The molecule has 1 aromatic heterocycles. The van der Waals surface area contributed by atoms with E-state index in [1.54, 1.807) is 38.6 Å². The van der Waals surface area contributed by atoms with Gasteiger partial charge in [-0.3, -0.25) is 29.4 Å². The van der Waals surface area contributed by atoms with Crippen molar-refractivity contribution in [1.82, 2.24) is 25.1 Å². The molecule has 0 radical (unpaired) electrons. The molecule has 0 bridgehead atoms. The monoisotopic (exact) mass is 799 g/mol. The minimum Gasteiger partial charge on any atom is -0.494 e. The van der Waals surface area contributed by atoms with Gasteiger partial charge in [-0.1, -0.05) is 35.9 Å². The predicted octanol–water partition coefficient (Wildman–Crippen LogP) is 4.55. The number of anilines is 6. The van der Waals surface area contributed by atoms with Crippen LogP contribution >= 0.6 is 18.7 Å². The van der Waals surface area contributed by atoms with Crippen molar-refractivity contribution in [1.29, 1.82) is 0 Å². The number of Topliss-reactive ketones (excluding diaryl/α,β-unsaturated/α-hetero) is 1. The second kappa shape index (κ2) is 16.3. The highest BCUT2D eigenvalue weighted by atomic mass is 35.5. The summed E-state index contributed by atoms with van der Waals surface area (Å²) in [7, 11) is -0.959. The van der Waals surface area contributed by atoms with Crippen molar-refractivity contribution in [2.45, 2.75) is 18.9 Å². The summed E-state index contributed by atoms with van der Waals surface area (Å²) >= 11 is 6.45. The van der Waals surface area contributed by atoms with Crippen LogP contribution in [0.2, 0.25) is 5.02 Å². The maximum Gasteiger partial charge on any atom is 0.257 e. The summed E-state index contributed by atoms with van der Waals surface area (Å²) in [4.78, 5) is 65.8. The summed E-state index contributed by atoms with van der Waals surface area (Å²) in [6.45, 7) is 7.66. The van der Waals surface area contributed by atoms with E-state index in [0.717, 1.165) is 31.9 Å². The zero-order chi connectivity index (χ0) is 39.6. The minimum atomic E-state index is -2.57. The number of ketones is 1. The number of methoxy groups -OCH3 is 1. The van der Waals surface area contributed by atoms with Crippen LogP contribution in [0.4, 0.5) is 34.5 Å². The Morgan fingerprint density at radius 2 is 1.71 bits per heavy atom. The van der Waals surface area contributed by atoms with Gasteiger partial charge in [0.25, 0.3) is 5.91 Å². The largest absolute Gasteiger partial charge is 0.494 e. The summed E-state index contributed by atoms with van der Waals surface area (Å²) in [5.41, 5.74) is 3.48. The fraction of sp³-hybridized carbons (Fsp3) is 0.333. The number of carbonyl (C=O) groups excluding carboxylic acids is 4. The Balaban J connectivity index is 0.948. The molecule has 3 amide bonds. The smallest absolute Gasteiger partial charge is 0.257 e. The highest BCUT2D eigenvalue weighted by Gasteiger charge is 2.40. The first-order valence-electron chi connectivity index (χ1n) is 18.3. The molecule has 292 valence electrons. The second-order valence-electron chi connectivity index (χ2n) is 14.2. The topological polar surface area (TPSA) is 178 Å². The number of hydrogen-bond donors (Lipinski definition) is 4. The van der Waals surface area contributed by atoms with Crippen LogP contribution in [-0.4, -0.2) is 116 Å². The fourth-order valence-electron chi connectivity index (χ4n) is 7.22. The van der Waals surface area contributed by atoms with Crippen LogP contribution in [0.1, 0.15) is 33.6 Å². The first-order valence-corrected chi connectivity index (χ1v) is 21.3. The molecule has 0 spiro atoms. The Hall–Kier alpha value is -5.50. The van der Waals surface area contributed by atoms with E-state index in [2.05, 4.69) is 41.0 Å². The molecule has 4 aromatic rings. The molecule has 3 aliphatic heterocycles. The summed E-state index contributed by atoms with van der Waals surface area (Å²) in [6, 6.07) is 17.6. The lowest BCUT2D eigenvalue weighted by molar-refractivity contribution is -0.136. The van der Waals surface area contributed by atoms with Crippen LogP contribution in [-0.2, 0) is 14.2 Å². The van der Waals surface area contributed by atoms with Gasteiger partial charge in [-0.2, -0.15) is 4.98 Å². The SMILES string of the molecule is COc1cc(N2CCN(CCNc3cccc4c3C(=O)N(C3CCC(=O)NC3=O)CC4=O)CC2)ccc1Nc1ncc(Cl)c(Nc2ccccc2P(C)(C)=O)n1. The number of piperidine rings is 1. The van der Waals surface area contributed by atoms with Crippen molar-refractivity contribution < 1.29 is 28.5 Å². The number of halogens is 1. The second-order valence-corrected chi connectivity index (χ2v) is 17.8. The summed E-state index contributed by atoms with van der Waals surface area (Å²) in [5, 5.41) is 13.1. The molecular formula is C39H43ClN9O6P. The quantitative estimate of drug-likeness (QED) is 0.116. The van der Waals surface area contributed by atoms with E-state index in [0.29, 0.717) is 63.6 Å². The number of carbonyl (C=O) groups is 4. The summed E-state index contributed by atoms with van der Waals surface area (Å²) < 4.78 is 18.6. The fourth-order valence-corrected chi connectivity index (χ4v) is 8.51. The Kier molecular flexibility index (Phi) is 11.3. The number of nitrogens with zero attached hydrogens (tertiary/aromatic N) is 5. The van der Waals surface area contributed by atoms with Crippen LogP contribution in [0.5, 0.6) is 5.75 Å². The van der Waals surface area contributed by atoms with E-state index < -0.39 is 25.0 Å². The van der Waals surface area contributed by atoms with Crippen molar-refractivity contribution in [2.24, 2.45) is 0 Å². The van der Waals surface area contributed by atoms with Gasteiger partial charge >= 0.3 is 0 Å². The molecule has 17 heteroatoms. The third-order valence-electron chi connectivity index (χ3n) is 10.1. The molecule has 7 rings (SSSR count). The average molecular weight is 800 g/mol. The Bertz CT molecular complexity index is 2240. The molecule has 1 atom stereocenters. The number of amides is 3. The Labute approximate surface area is 329 Å². The van der Waals surface area contributed by atoms with Gasteiger partial charge in [0.2, 0.25) is 17.8 Å². The van der Waals surface area contributed by atoms with Gasteiger partial charge in [-0.25, -0.2) is 4.98 Å². The minimum absolute atomic E-state index is 0.117. The highest BCUT2D eigenvalue weighted by molar-refractivity contribution is 7.70. The standard InChI is InChI=1S/C39H43ClN9O6P/c1-55-32-21-24(11-12-27(32)44-39-42-22-26(40)36(46-39)43-28-8-4-5-10-33(28)56(2,3)54)48-19-17-47(18-20-48)16-15-41-29-9-6-7-25-31(50)23-49(38(53)35(25)29)30-13-14-34(51)45-37(30)52/h4-12,21-22,30,41H,13-20,23H2,1-3H3,(H,45,51,52)(H2,42,43,44,46). The maximum atomic E-state index is 13.6. The van der Waals surface area contributed by atoms with E-state index in [9.17, 15) is 23.7 Å². The highest BCUT2D eigenvalue weighted by Crippen LogP contribution is 2.39. The third-order valence-corrected chi connectivity index (χ3v) is 12.0. The first kappa shape index (κ1) is 38.8. The Morgan fingerprint density at radius 1 is 0.946 bits per heavy atom. The maximum absolute atomic E-state index is 13.6. The van der Waals surface area contributed by atoms with E-state index in [1.807, 2.05) is 42.5 Å². The molecule has 0 aliphatic carbocycles. The molecule has 1 unspecified atom stereocenters. The van der Waals surface area contributed by atoms with Gasteiger partial charge in [0, 0.05) is 74.0 Å². The molecule has 3 aliphatic rings. The number of benzene rings is 3. The molecule has 2 saturated heterocycles. The van der Waals surface area contributed by atoms with Crippen molar-refractivity contribution in [2.75, 3.05) is 87.1 Å². The number of hydrogen-bond acceptors (Lipinski definition) is 13. The van der Waals surface area contributed by atoms with Gasteiger partial charge < -0.3 is 35.1 Å². The number of rotatable bonds is 12. The van der Waals surface area contributed by atoms with Gasteiger partial charge in [0.1, 0.15) is 24.0 Å². The zero-order valence-electron chi connectivity index (χ0n) is 31.3. The van der Waals surface area contributed by atoms with Crippen molar-refractivity contribution >= 4 is 82.1 Å². The molecule has 2 fully saturated rings. The number of para-hydroxylation sites is 1. The molecule has 56 heavy (non-hydrogen) atoms. The summed E-state index contributed by atoms with van der Waals surface area (Å²) in [5.74, 6) is -0.281. The van der Waals surface area contributed by atoms with Gasteiger partial charge in [-0.15, -0.1) is 0 Å². The van der Waals surface area contributed by atoms with Gasteiger partial charge in [0.05, 0.1) is 36.8 Å². The van der Waals surface area contributed by atoms with Crippen LogP contribution in [0, 0.1) is 0 Å². The zero-order valence-corrected chi connectivity index (χ0v) is 33.0. The third kappa shape index (κ3) is 8.35. The molecule has 4 heterocycles. The molecule has 15 nitrogen and oxygen atoms in total. The van der Waals surface area contributed by atoms with E-state index in [1.165, 1.54) is 11.1 Å². The molecule has 4 N–H and O–H groups in total. The van der Waals surface area contributed by atoms with Crippen molar-refractivity contribution in [3.05, 3.63) is 83.0 Å². The number of fused-ring (bicyclic) bond motifs is 1. The van der Waals surface area contributed by atoms with Crippen LogP contribution < -0.4 is 36.2 Å². The van der Waals surface area contributed by atoms with E-state index >= 15 is 0 Å². The van der Waals surface area contributed by atoms with Gasteiger partial charge in [0.15, 0.2) is 11.6 Å². The summed E-state index contributed by atoms with van der Waals surface area (Å²) in [6.07, 6.45) is 1.81. The van der Waals surface area contributed by atoms with E-state index in [4.69, 9.17) is 16.3 Å². The lowest BCUT2D eigenvalue weighted by atomic mass is 9.93. The van der Waals surface area contributed by atoms with Crippen molar-refractivity contribution in [3.63, 3.8) is 0 Å². The lowest BCUT2D eigenvalue weighted by Gasteiger charge is -2.37. The van der Waals surface area contributed by atoms with Crippen LogP contribution in [0.3, 0.4) is 0 Å². The number of imide groups is 1. The number of ether oxygens (including phenoxy) is 1. The average Bonchev–Trinajstić information content (AvgIpc) is 3.18. The van der Waals surface area contributed by atoms with Crippen LogP contribution in [0.25, 0.3) is 0 Å². The van der Waals surface area contributed by atoms with E-state index in [-0.39, 0.29) is 36.6 Å². The van der Waals surface area contributed by atoms with Crippen LogP contribution in [0.15, 0.2) is 66.9 Å². The molecular weight excluding hydrogens is 757 g/mol. The van der Waals surface area contributed by atoms with Crippen molar-refractivity contribution in [3.8, 4) is 5.75 Å². The normalized spacial score (nSPS) is 17.7. The van der Waals surface area contributed by atoms with Gasteiger partial charge in [-0.05, 0) is 50.1 Å². The molecule has 3 aromatic carbocycles.